The van der Waals surface area contributed by atoms with Crippen LogP contribution in [0.15, 0.2) is 11.1 Å². The SMILES string of the molecule is N#CC(C#N)=C(C(C#N)C#N)C(C#N)C#N.[Na]. The second-order valence-electron chi connectivity index (χ2n) is 2.44. The summed E-state index contributed by atoms with van der Waals surface area (Å²) < 4.78 is 0. The minimum absolute atomic E-state index is 0. The quantitative estimate of drug-likeness (QED) is 0.491. The van der Waals surface area contributed by atoms with E-state index in [9.17, 15) is 0 Å². The van der Waals surface area contributed by atoms with Crippen LogP contribution in [0.25, 0.3) is 0 Å². The molecule has 7 heteroatoms. The molecule has 0 bridgehead atoms. The molecule has 0 aliphatic rings. The summed E-state index contributed by atoms with van der Waals surface area (Å²) in [6.45, 7) is 0. The minimum Gasteiger partial charge on any atom is -0.197 e. The van der Waals surface area contributed by atoms with Crippen LogP contribution in [0.4, 0.5) is 0 Å². The first-order valence-corrected chi connectivity index (χ1v) is 3.82. The Kier molecular flexibility index (Phi) is 8.99. The molecule has 0 saturated carbocycles. The molecule has 0 saturated heterocycles. The molecule has 0 aromatic heterocycles. The van der Waals surface area contributed by atoms with E-state index in [1.165, 1.54) is 36.4 Å². The van der Waals surface area contributed by atoms with Crippen molar-refractivity contribution in [3.05, 3.63) is 11.1 Å². The molecule has 0 atom stereocenters. The van der Waals surface area contributed by atoms with Crippen molar-refractivity contribution in [2.45, 2.75) is 0 Å². The van der Waals surface area contributed by atoms with E-state index >= 15 is 0 Å². The fourth-order valence-electron chi connectivity index (χ4n) is 0.945. The zero-order valence-electron chi connectivity index (χ0n) is 8.84. The zero-order chi connectivity index (χ0) is 12.6. The van der Waals surface area contributed by atoms with Crippen molar-refractivity contribution in [3.8, 4) is 36.4 Å². The fraction of sp³-hybridized carbons (Fsp3) is 0.200. The van der Waals surface area contributed by atoms with Gasteiger partial charge in [0.25, 0.3) is 0 Å². The van der Waals surface area contributed by atoms with E-state index in [1.54, 1.807) is 0 Å². The maximum absolute atomic E-state index is 8.63. The first-order valence-electron chi connectivity index (χ1n) is 3.82. The van der Waals surface area contributed by atoms with Gasteiger partial charge in [-0.05, 0) is 0 Å². The van der Waals surface area contributed by atoms with Crippen LogP contribution in [0.1, 0.15) is 0 Å². The van der Waals surface area contributed by atoms with Crippen LogP contribution >= 0.6 is 0 Å². The Hall–Kier alpha value is -2.32. The molecular weight excluding hydrogens is 227 g/mol. The van der Waals surface area contributed by atoms with Crippen molar-refractivity contribution in [1.29, 1.82) is 31.6 Å². The number of hydrogen-bond donors (Lipinski definition) is 0. The van der Waals surface area contributed by atoms with Gasteiger partial charge in [-0.15, -0.1) is 0 Å². The topological polar surface area (TPSA) is 143 Å². The molecule has 0 aromatic carbocycles. The zero-order valence-corrected chi connectivity index (χ0v) is 10.8. The summed E-state index contributed by atoms with van der Waals surface area (Å²) >= 11 is 0. The van der Waals surface area contributed by atoms with Gasteiger partial charge in [-0.25, -0.2) is 0 Å². The van der Waals surface area contributed by atoms with Gasteiger partial charge in [0.2, 0.25) is 0 Å². The normalized spacial score (nSPS) is 7.06. The molecule has 0 heterocycles. The van der Waals surface area contributed by atoms with E-state index < -0.39 is 17.4 Å². The van der Waals surface area contributed by atoms with Crippen LogP contribution < -0.4 is 0 Å². The second kappa shape index (κ2) is 8.95. The largest absolute Gasteiger partial charge is 0.197 e. The van der Waals surface area contributed by atoms with Gasteiger partial charge in [0.15, 0.2) is 11.8 Å². The molecule has 0 rings (SSSR count). The molecule has 73 valence electrons. The maximum atomic E-state index is 8.63. The van der Waals surface area contributed by atoms with Gasteiger partial charge >= 0.3 is 0 Å². The molecule has 0 fully saturated rings. The van der Waals surface area contributed by atoms with E-state index in [0.29, 0.717) is 0 Å². The van der Waals surface area contributed by atoms with Crippen molar-refractivity contribution < 1.29 is 0 Å². The number of rotatable bonds is 2. The van der Waals surface area contributed by atoms with E-state index in [2.05, 4.69) is 0 Å². The minimum atomic E-state index is -1.45. The Bertz CT molecular complexity index is 485. The molecule has 0 aromatic rings. The van der Waals surface area contributed by atoms with Gasteiger partial charge in [0.05, 0.1) is 24.3 Å². The van der Waals surface area contributed by atoms with Crippen molar-refractivity contribution in [2.75, 3.05) is 0 Å². The summed E-state index contributed by atoms with van der Waals surface area (Å²) in [6, 6.07) is 9.03. The number of nitrogens with zero attached hydrogens (tertiary/aromatic N) is 6. The molecule has 0 N–H and O–H groups in total. The van der Waals surface area contributed by atoms with Crippen LogP contribution in [0, 0.1) is 79.8 Å². The summed E-state index contributed by atoms with van der Waals surface area (Å²) in [5.74, 6) is -2.89. The van der Waals surface area contributed by atoms with Crippen molar-refractivity contribution in [1.82, 2.24) is 0 Å². The average molecular weight is 229 g/mol. The van der Waals surface area contributed by atoms with Crippen LogP contribution in [0.5, 0.6) is 0 Å². The number of hydrogen-bond acceptors (Lipinski definition) is 6. The Labute approximate surface area is 120 Å². The van der Waals surface area contributed by atoms with E-state index in [-0.39, 0.29) is 35.1 Å². The third-order valence-corrected chi connectivity index (χ3v) is 1.65. The summed E-state index contributed by atoms with van der Waals surface area (Å²) in [5, 5.41) is 51.7. The maximum Gasteiger partial charge on any atom is 0.158 e. The van der Waals surface area contributed by atoms with Gasteiger partial charge in [-0.1, -0.05) is 0 Å². The monoisotopic (exact) mass is 229 g/mol. The molecule has 6 nitrogen and oxygen atoms in total. The van der Waals surface area contributed by atoms with Gasteiger partial charge in [-0.2, -0.15) is 31.6 Å². The third kappa shape index (κ3) is 3.97. The molecular formula is C10H2N6Na. The molecule has 0 aliphatic carbocycles. The first-order chi connectivity index (χ1) is 7.69. The van der Waals surface area contributed by atoms with Gasteiger partial charge < -0.3 is 0 Å². The molecule has 0 aliphatic heterocycles. The number of nitriles is 6. The van der Waals surface area contributed by atoms with Crippen molar-refractivity contribution >= 4 is 29.6 Å². The molecule has 0 amide bonds. The van der Waals surface area contributed by atoms with Crippen LogP contribution in [0.2, 0.25) is 0 Å². The Morgan fingerprint density at radius 1 is 0.647 bits per heavy atom. The van der Waals surface area contributed by atoms with Crippen LogP contribution in [-0.2, 0) is 0 Å². The smallest absolute Gasteiger partial charge is 0.158 e. The Morgan fingerprint density at radius 3 is 1.12 bits per heavy atom. The predicted octanol–water partition coefficient (Wildman–Crippen LogP) is 0.276. The van der Waals surface area contributed by atoms with Gasteiger partial charge in [-0.3, -0.25) is 0 Å². The van der Waals surface area contributed by atoms with Crippen LogP contribution in [-0.4, -0.2) is 29.6 Å². The van der Waals surface area contributed by atoms with E-state index in [1.807, 2.05) is 0 Å². The summed E-state index contributed by atoms with van der Waals surface area (Å²) in [5.41, 5.74) is -0.888. The van der Waals surface area contributed by atoms with E-state index in [4.69, 9.17) is 31.6 Å². The summed E-state index contributed by atoms with van der Waals surface area (Å²) in [4.78, 5) is 0. The molecule has 17 heavy (non-hydrogen) atoms. The number of allylic oxidation sites excluding steroid dienone is 2. The first kappa shape index (κ1) is 17.1. The van der Waals surface area contributed by atoms with E-state index in [0.717, 1.165) is 0 Å². The van der Waals surface area contributed by atoms with Gasteiger partial charge in [0.1, 0.15) is 17.7 Å². The molecule has 0 spiro atoms. The summed E-state index contributed by atoms with van der Waals surface area (Å²) in [6.07, 6.45) is 0. The molecule has 1 radical (unpaired) electrons. The second-order valence-corrected chi connectivity index (χ2v) is 2.44. The Balaban J connectivity index is 0. The predicted molar refractivity (Wildman–Crippen MR) is 53.4 cm³/mol. The third-order valence-electron chi connectivity index (χ3n) is 1.65. The average Bonchev–Trinajstić information content (AvgIpc) is 2.33. The summed E-state index contributed by atoms with van der Waals surface area (Å²) in [7, 11) is 0. The standard InChI is InChI=1S/C10H2N6.Na/c11-1-7(2-12)10(8(3-13)4-14)9(5-15)6-16;/h7-8H;. The van der Waals surface area contributed by atoms with Crippen molar-refractivity contribution in [2.24, 2.45) is 11.8 Å². The van der Waals surface area contributed by atoms with Gasteiger partial charge in [0, 0.05) is 35.1 Å². The fourth-order valence-corrected chi connectivity index (χ4v) is 0.945. The van der Waals surface area contributed by atoms with Crippen molar-refractivity contribution in [3.63, 3.8) is 0 Å². The van der Waals surface area contributed by atoms with Crippen LogP contribution in [0.3, 0.4) is 0 Å². The molecule has 0 unspecified atom stereocenters. The Morgan fingerprint density at radius 2 is 0.941 bits per heavy atom.